The molecule has 0 aromatic heterocycles. The molecule has 0 fully saturated rings. The van der Waals surface area contributed by atoms with Gasteiger partial charge in [0.15, 0.2) is 12.2 Å². The van der Waals surface area contributed by atoms with E-state index in [1.54, 1.807) is 0 Å². The van der Waals surface area contributed by atoms with Crippen LogP contribution < -0.4 is 0 Å². The van der Waals surface area contributed by atoms with Gasteiger partial charge >= 0.3 is 10.5 Å². The van der Waals surface area contributed by atoms with E-state index in [1.165, 1.54) is 5.94 Å². The molecule has 0 saturated carbocycles. The van der Waals surface area contributed by atoms with Crippen LogP contribution in [0.25, 0.3) is 0 Å². The van der Waals surface area contributed by atoms with Crippen molar-refractivity contribution in [1.29, 1.82) is 0 Å². The molecule has 3 radical (unpaired) electrons. The Morgan fingerprint density at radius 3 is 2.60 bits per heavy atom. The van der Waals surface area contributed by atoms with Crippen LogP contribution >= 0.6 is 0 Å². The number of rotatable bonds is 1. The van der Waals surface area contributed by atoms with E-state index in [0.29, 0.717) is 0 Å². The van der Waals surface area contributed by atoms with Crippen LogP contribution in [0.15, 0.2) is 6.26 Å². The van der Waals surface area contributed by atoms with Gasteiger partial charge in [-0.25, -0.2) is 4.79 Å². The molecule has 0 spiro atoms. The molecule has 3 heteroatoms. The highest BCUT2D eigenvalue weighted by atomic mass is 28.2. The summed E-state index contributed by atoms with van der Waals surface area (Å²) >= 11 is 0. The van der Waals surface area contributed by atoms with Gasteiger partial charge in [0.25, 0.3) is 0 Å². The Morgan fingerprint density at radius 2 is 2.60 bits per heavy atom. The van der Waals surface area contributed by atoms with Gasteiger partial charge in [-0.2, -0.15) is 0 Å². The van der Waals surface area contributed by atoms with Crippen molar-refractivity contribution in [3.05, 3.63) is 6.26 Å². The van der Waals surface area contributed by atoms with Gasteiger partial charge in [0.1, 0.15) is 0 Å². The highest BCUT2D eigenvalue weighted by Crippen LogP contribution is 1.49. The monoisotopic (exact) mass is 85.0 g/mol. The molecule has 0 saturated heterocycles. The maximum atomic E-state index is 9.07. The highest BCUT2D eigenvalue weighted by molar-refractivity contribution is 5.98. The minimum atomic E-state index is 0.858. The van der Waals surface area contributed by atoms with E-state index in [1.807, 2.05) is 0 Å². The zero-order valence-electron chi connectivity index (χ0n) is 2.39. The Morgan fingerprint density at radius 1 is 2.00 bits per heavy atom. The SMILES string of the molecule is O=C=CO[Si]. The van der Waals surface area contributed by atoms with Crippen LogP contribution in [0.4, 0.5) is 0 Å². The molecule has 0 aliphatic carbocycles. The van der Waals surface area contributed by atoms with Crippen LogP contribution in [0.2, 0.25) is 0 Å². The molecule has 0 N–H and O–H groups in total. The predicted molar refractivity (Wildman–Crippen MR) is 17.1 cm³/mol. The summed E-state index contributed by atoms with van der Waals surface area (Å²) in [6.07, 6.45) is 0.858. The summed E-state index contributed by atoms with van der Waals surface area (Å²) < 4.78 is 3.95. The molecule has 25 valence electrons. The quantitative estimate of drug-likeness (QED) is 0.242. The van der Waals surface area contributed by atoms with E-state index in [2.05, 4.69) is 14.9 Å². The number of hydrogen-bond donors (Lipinski definition) is 0. The average molecular weight is 85.1 g/mol. The average Bonchev–Trinajstić information content (AvgIpc) is 1.41. The second-order valence-electron chi connectivity index (χ2n) is 0.354. The first-order valence-corrected chi connectivity index (χ1v) is 1.34. The van der Waals surface area contributed by atoms with Crippen LogP contribution in [0.1, 0.15) is 0 Å². The smallest absolute Gasteiger partial charge is 0.341 e. The van der Waals surface area contributed by atoms with Gasteiger partial charge < -0.3 is 4.43 Å². The van der Waals surface area contributed by atoms with E-state index in [9.17, 15) is 0 Å². The lowest BCUT2D eigenvalue weighted by Gasteiger charge is -1.69. The second-order valence-corrected chi connectivity index (χ2v) is 0.589. The fourth-order valence-corrected chi connectivity index (χ4v) is 0.0722. The largest absolute Gasteiger partial charge is 0.538 e. The number of hydrogen-bond acceptors (Lipinski definition) is 2. The fraction of sp³-hybridized carbons (Fsp3) is 0. The summed E-state index contributed by atoms with van der Waals surface area (Å²) in [5.41, 5.74) is 0. The molecule has 0 aromatic carbocycles. The summed E-state index contributed by atoms with van der Waals surface area (Å²) in [5.74, 6) is 1.37. The Balaban J connectivity index is 2.93. The molecule has 0 bridgehead atoms. The summed E-state index contributed by atoms with van der Waals surface area (Å²) in [6, 6.07) is 0. The number of carbonyl (C=O) groups excluding carboxylic acids is 1. The van der Waals surface area contributed by atoms with E-state index in [-0.39, 0.29) is 0 Å². The normalized spacial score (nSPS) is 5.00. The lowest BCUT2D eigenvalue weighted by Crippen LogP contribution is -1.63. The molecular formula is C2HO2Si. The third kappa shape index (κ3) is 3.47. The first-order valence-electron chi connectivity index (χ1n) is 0.933. The Kier molecular flexibility index (Phi) is 3.10. The lowest BCUT2D eigenvalue weighted by atomic mass is 11.1. The van der Waals surface area contributed by atoms with Gasteiger partial charge in [-0.3, -0.25) is 0 Å². The van der Waals surface area contributed by atoms with Crippen LogP contribution in [0.5, 0.6) is 0 Å². The summed E-state index contributed by atoms with van der Waals surface area (Å²) in [4.78, 5) is 9.07. The minimum Gasteiger partial charge on any atom is -0.538 e. The van der Waals surface area contributed by atoms with Gasteiger partial charge in [-0.1, -0.05) is 0 Å². The van der Waals surface area contributed by atoms with Crippen molar-refractivity contribution >= 4 is 16.4 Å². The molecule has 5 heavy (non-hydrogen) atoms. The highest BCUT2D eigenvalue weighted by Gasteiger charge is 1.49. The molecule has 0 aliphatic rings. The van der Waals surface area contributed by atoms with Gasteiger partial charge in [-0.15, -0.1) is 0 Å². The first kappa shape index (κ1) is 4.47. The zero-order valence-corrected chi connectivity index (χ0v) is 3.39. The Labute approximate surface area is 33.0 Å². The van der Waals surface area contributed by atoms with E-state index in [0.717, 1.165) is 6.26 Å². The van der Waals surface area contributed by atoms with Crippen molar-refractivity contribution in [2.24, 2.45) is 0 Å². The molecule has 2 nitrogen and oxygen atoms in total. The van der Waals surface area contributed by atoms with Crippen LogP contribution in [-0.4, -0.2) is 16.4 Å². The molecule has 0 atom stereocenters. The standard InChI is InChI=1S/C2HO2Si/c3-1-2-4-5/h2H. The van der Waals surface area contributed by atoms with Gasteiger partial charge in [0.2, 0.25) is 0 Å². The van der Waals surface area contributed by atoms with E-state index >= 15 is 0 Å². The molecule has 0 amide bonds. The Bertz CT molecular complexity index is 54.7. The molecular weight excluding hydrogens is 84.1 g/mol. The molecule has 0 aromatic rings. The topological polar surface area (TPSA) is 26.3 Å². The van der Waals surface area contributed by atoms with Crippen molar-refractivity contribution < 1.29 is 9.22 Å². The third-order valence-electron chi connectivity index (χ3n) is 0.107. The maximum Gasteiger partial charge on any atom is 0.341 e. The summed E-state index contributed by atoms with van der Waals surface area (Å²) in [5, 5.41) is 0. The van der Waals surface area contributed by atoms with Crippen molar-refractivity contribution in [2.45, 2.75) is 0 Å². The van der Waals surface area contributed by atoms with E-state index < -0.39 is 0 Å². The van der Waals surface area contributed by atoms with Crippen molar-refractivity contribution in [1.82, 2.24) is 0 Å². The predicted octanol–water partition coefficient (Wildman–Crippen LogP) is -0.568. The van der Waals surface area contributed by atoms with Crippen molar-refractivity contribution in [3.63, 3.8) is 0 Å². The first-order chi connectivity index (χ1) is 2.41. The van der Waals surface area contributed by atoms with Crippen LogP contribution in [-0.2, 0) is 9.22 Å². The molecule has 0 heterocycles. The summed E-state index contributed by atoms with van der Waals surface area (Å²) in [7, 11) is 2.53. The Hall–Kier alpha value is -0.533. The van der Waals surface area contributed by atoms with Gasteiger partial charge in [0.05, 0.1) is 0 Å². The maximum absolute atomic E-state index is 9.07. The second kappa shape index (κ2) is 3.47. The van der Waals surface area contributed by atoms with Gasteiger partial charge in [-0.05, 0) is 0 Å². The van der Waals surface area contributed by atoms with Crippen LogP contribution in [0.3, 0.4) is 0 Å². The minimum absolute atomic E-state index is 0.858. The van der Waals surface area contributed by atoms with Crippen molar-refractivity contribution in [3.8, 4) is 0 Å². The van der Waals surface area contributed by atoms with E-state index in [4.69, 9.17) is 4.79 Å². The lowest BCUT2D eigenvalue weighted by molar-refractivity contribution is 0.518. The molecule has 0 rings (SSSR count). The van der Waals surface area contributed by atoms with Crippen molar-refractivity contribution in [2.75, 3.05) is 0 Å². The van der Waals surface area contributed by atoms with Gasteiger partial charge in [0, 0.05) is 0 Å². The van der Waals surface area contributed by atoms with Crippen LogP contribution in [0, 0.1) is 0 Å². The zero-order chi connectivity index (χ0) is 4.12. The molecule has 0 unspecified atom stereocenters. The summed E-state index contributed by atoms with van der Waals surface area (Å²) in [6.45, 7) is 0. The third-order valence-corrected chi connectivity index (χ3v) is 0.225. The molecule has 0 aliphatic heterocycles. The fourth-order valence-electron chi connectivity index (χ4n) is 0.0241.